The van der Waals surface area contributed by atoms with Gasteiger partial charge in [-0.3, -0.25) is 14.4 Å². The number of hydrogen-bond donors (Lipinski definition) is 2. The first kappa shape index (κ1) is 18.9. The lowest BCUT2D eigenvalue weighted by molar-refractivity contribution is 0.100. The molecule has 0 aliphatic heterocycles. The third kappa shape index (κ3) is 4.64. The van der Waals surface area contributed by atoms with Crippen molar-refractivity contribution in [2.24, 2.45) is 0 Å². The number of benzene rings is 2. The van der Waals surface area contributed by atoms with Crippen LogP contribution in [0.25, 0.3) is 0 Å². The van der Waals surface area contributed by atoms with Gasteiger partial charge >= 0.3 is 0 Å². The molecule has 0 aliphatic rings. The van der Waals surface area contributed by atoms with E-state index in [1.807, 2.05) is 0 Å². The Hall–Kier alpha value is -3.87. The Morgan fingerprint density at radius 1 is 0.786 bits per heavy atom. The van der Waals surface area contributed by atoms with Crippen LogP contribution >= 0.6 is 0 Å². The fourth-order valence-corrected chi connectivity index (χ4v) is 2.50. The quantitative estimate of drug-likeness (QED) is 0.635. The predicted octanol–water partition coefficient (Wildman–Crippen LogP) is 3.88. The van der Waals surface area contributed by atoms with Crippen molar-refractivity contribution in [3.8, 4) is 0 Å². The topological polar surface area (TPSA) is 101 Å². The Morgan fingerprint density at radius 2 is 1.50 bits per heavy atom. The number of nitrogens with one attached hydrogen (secondary N) is 2. The summed E-state index contributed by atoms with van der Waals surface area (Å²) in [5.41, 5.74) is 2.53. The first-order chi connectivity index (χ1) is 13.4. The highest BCUT2D eigenvalue weighted by atomic mass is 16.2. The van der Waals surface area contributed by atoms with Gasteiger partial charge in [0, 0.05) is 28.6 Å². The van der Waals surface area contributed by atoms with E-state index in [0.717, 1.165) is 5.69 Å². The Kier molecular flexibility index (Phi) is 5.55. The summed E-state index contributed by atoms with van der Waals surface area (Å²) in [5, 5.41) is 5.78. The van der Waals surface area contributed by atoms with Gasteiger partial charge in [0.15, 0.2) is 11.6 Å². The van der Waals surface area contributed by atoms with Gasteiger partial charge in [0.1, 0.15) is 17.8 Å². The standard InChI is InChI=1S/C21H18N4O3/c1-13(26)15-6-8-17(9-7-15)24-20-11-19(22-12-23-20)21(28)25-18-5-3-4-16(10-18)14(2)27/h3-12H,1-2H3,(H,25,28)(H,22,23,24). The highest BCUT2D eigenvalue weighted by molar-refractivity contribution is 6.04. The zero-order valence-electron chi connectivity index (χ0n) is 15.4. The molecule has 1 aromatic heterocycles. The Morgan fingerprint density at radius 3 is 2.18 bits per heavy atom. The molecule has 0 saturated heterocycles. The third-order valence-corrected chi connectivity index (χ3v) is 3.99. The lowest BCUT2D eigenvalue weighted by Crippen LogP contribution is -2.14. The number of anilines is 3. The number of nitrogens with zero attached hydrogens (tertiary/aromatic N) is 2. The van der Waals surface area contributed by atoms with Crippen LogP contribution in [0.2, 0.25) is 0 Å². The van der Waals surface area contributed by atoms with Crippen molar-refractivity contribution >= 4 is 34.7 Å². The van der Waals surface area contributed by atoms with Gasteiger partial charge < -0.3 is 10.6 Å². The number of hydrogen-bond acceptors (Lipinski definition) is 6. The van der Waals surface area contributed by atoms with Crippen molar-refractivity contribution in [2.45, 2.75) is 13.8 Å². The van der Waals surface area contributed by atoms with Crippen molar-refractivity contribution < 1.29 is 14.4 Å². The van der Waals surface area contributed by atoms with Gasteiger partial charge in [-0.15, -0.1) is 0 Å². The van der Waals surface area contributed by atoms with E-state index >= 15 is 0 Å². The highest BCUT2D eigenvalue weighted by Crippen LogP contribution is 2.17. The smallest absolute Gasteiger partial charge is 0.274 e. The first-order valence-electron chi connectivity index (χ1n) is 8.55. The van der Waals surface area contributed by atoms with Gasteiger partial charge in [-0.1, -0.05) is 12.1 Å². The Bertz CT molecular complexity index is 1050. The minimum absolute atomic E-state index is 0.0126. The molecule has 0 aliphatic carbocycles. The average molecular weight is 374 g/mol. The minimum Gasteiger partial charge on any atom is -0.340 e. The molecule has 28 heavy (non-hydrogen) atoms. The summed E-state index contributed by atoms with van der Waals surface area (Å²) in [4.78, 5) is 43.4. The SMILES string of the molecule is CC(=O)c1ccc(Nc2cc(C(=O)Nc3cccc(C(C)=O)c3)ncn2)cc1. The summed E-state index contributed by atoms with van der Waals surface area (Å²) in [7, 11) is 0. The summed E-state index contributed by atoms with van der Waals surface area (Å²) in [5.74, 6) is -0.0758. The molecule has 1 heterocycles. The molecule has 0 atom stereocenters. The van der Waals surface area contributed by atoms with Crippen molar-refractivity contribution in [1.29, 1.82) is 0 Å². The van der Waals surface area contributed by atoms with E-state index < -0.39 is 5.91 Å². The molecule has 1 amide bonds. The third-order valence-electron chi connectivity index (χ3n) is 3.99. The normalized spacial score (nSPS) is 10.2. The molecule has 0 unspecified atom stereocenters. The second kappa shape index (κ2) is 8.22. The molecule has 0 saturated carbocycles. The fourth-order valence-electron chi connectivity index (χ4n) is 2.50. The van der Waals surface area contributed by atoms with Crippen molar-refractivity contribution in [3.63, 3.8) is 0 Å². The molecule has 0 bridgehead atoms. The van der Waals surface area contributed by atoms with Crippen LogP contribution in [-0.4, -0.2) is 27.4 Å². The Labute approximate surface area is 161 Å². The van der Waals surface area contributed by atoms with Crippen molar-refractivity contribution in [2.75, 3.05) is 10.6 Å². The molecule has 140 valence electrons. The van der Waals surface area contributed by atoms with E-state index in [-0.39, 0.29) is 17.3 Å². The van der Waals surface area contributed by atoms with Crippen LogP contribution < -0.4 is 10.6 Å². The lowest BCUT2D eigenvalue weighted by atomic mass is 10.1. The molecule has 3 rings (SSSR count). The number of carbonyl (C=O) groups is 3. The zero-order chi connectivity index (χ0) is 20.1. The van der Waals surface area contributed by atoms with Crippen LogP contribution in [0.15, 0.2) is 60.9 Å². The zero-order valence-corrected chi connectivity index (χ0v) is 15.4. The van der Waals surface area contributed by atoms with Crippen LogP contribution in [0.1, 0.15) is 45.1 Å². The molecule has 0 fully saturated rings. The van der Waals surface area contributed by atoms with E-state index in [1.165, 1.54) is 26.2 Å². The van der Waals surface area contributed by atoms with Gasteiger partial charge in [-0.25, -0.2) is 9.97 Å². The number of amides is 1. The molecule has 7 heteroatoms. The van der Waals surface area contributed by atoms with Crippen LogP contribution in [0.5, 0.6) is 0 Å². The van der Waals surface area contributed by atoms with Gasteiger partial charge in [0.25, 0.3) is 5.91 Å². The molecular formula is C21H18N4O3. The summed E-state index contributed by atoms with van der Waals surface area (Å²) < 4.78 is 0. The van der Waals surface area contributed by atoms with Crippen molar-refractivity contribution in [1.82, 2.24) is 9.97 Å². The summed E-state index contributed by atoms with van der Waals surface area (Å²) >= 11 is 0. The maximum absolute atomic E-state index is 12.5. The molecule has 3 aromatic rings. The molecule has 0 radical (unpaired) electrons. The highest BCUT2D eigenvalue weighted by Gasteiger charge is 2.11. The molecule has 2 aromatic carbocycles. The monoisotopic (exact) mass is 374 g/mol. The lowest BCUT2D eigenvalue weighted by Gasteiger charge is -2.08. The molecule has 7 nitrogen and oxygen atoms in total. The fraction of sp³-hybridized carbons (Fsp3) is 0.0952. The second-order valence-electron chi connectivity index (χ2n) is 6.14. The molecule has 2 N–H and O–H groups in total. The molecule has 0 spiro atoms. The van der Waals surface area contributed by atoms with Crippen LogP contribution in [0.3, 0.4) is 0 Å². The van der Waals surface area contributed by atoms with Crippen LogP contribution in [-0.2, 0) is 0 Å². The first-order valence-corrected chi connectivity index (χ1v) is 8.55. The maximum atomic E-state index is 12.5. The van der Waals surface area contributed by atoms with Gasteiger partial charge in [-0.2, -0.15) is 0 Å². The number of carbonyl (C=O) groups excluding carboxylic acids is 3. The minimum atomic E-state index is -0.418. The average Bonchev–Trinajstić information content (AvgIpc) is 2.69. The number of aromatic nitrogens is 2. The van der Waals surface area contributed by atoms with Gasteiger partial charge in [0.05, 0.1) is 0 Å². The van der Waals surface area contributed by atoms with E-state index in [4.69, 9.17) is 0 Å². The summed E-state index contributed by atoms with van der Waals surface area (Å²) in [6.45, 7) is 2.97. The molecular weight excluding hydrogens is 356 g/mol. The number of rotatable bonds is 6. The summed E-state index contributed by atoms with van der Waals surface area (Å²) in [6, 6.07) is 15.1. The number of Topliss-reactive ketones (excluding diaryl/α,β-unsaturated/α-hetero) is 2. The second-order valence-corrected chi connectivity index (χ2v) is 6.14. The van der Waals surface area contributed by atoms with E-state index in [2.05, 4.69) is 20.6 Å². The largest absolute Gasteiger partial charge is 0.340 e. The number of ketones is 2. The van der Waals surface area contributed by atoms with Crippen molar-refractivity contribution in [3.05, 3.63) is 77.7 Å². The maximum Gasteiger partial charge on any atom is 0.274 e. The van der Waals surface area contributed by atoms with Crippen LogP contribution in [0.4, 0.5) is 17.2 Å². The van der Waals surface area contributed by atoms with Gasteiger partial charge in [-0.05, 0) is 50.2 Å². The predicted molar refractivity (Wildman–Crippen MR) is 106 cm³/mol. The Balaban J connectivity index is 1.73. The summed E-state index contributed by atoms with van der Waals surface area (Å²) in [6.07, 6.45) is 1.28. The van der Waals surface area contributed by atoms with Crippen LogP contribution in [0, 0.1) is 0 Å². The van der Waals surface area contributed by atoms with E-state index in [0.29, 0.717) is 22.6 Å². The van der Waals surface area contributed by atoms with E-state index in [1.54, 1.807) is 48.5 Å². The van der Waals surface area contributed by atoms with E-state index in [9.17, 15) is 14.4 Å². The van der Waals surface area contributed by atoms with Gasteiger partial charge in [0.2, 0.25) is 0 Å².